The van der Waals surface area contributed by atoms with Crippen molar-refractivity contribution in [1.82, 2.24) is 10.2 Å². The Hall–Kier alpha value is -1.06. The third-order valence-electron chi connectivity index (χ3n) is 3.20. The van der Waals surface area contributed by atoms with Crippen molar-refractivity contribution in [1.29, 1.82) is 0 Å². The normalized spacial score (nSPS) is 15.7. The summed E-state index contributed by atoms with van der Waals surface area (Å²) in [6.07, 6.45) is 3.53. The van der Waals surface area contributed by atoms with Crippen LogP contribution in [0.1, 0.15) is 24.8 Å². The standard InChI is InChI=1S/C14H19ClN2O/c15-13-6-4-5-12(9-13)10-16-11-14(18)17-7-2-1-3-8-17/h4-6,9,16H,1-3,7-8,10-11H2. The zero-order chi connectivity index (χ0) is 12.8. The summed E-state index contributed by atoms with van der Waals surface area (Å²) in [5, 5.41) is 3.91. The van der Waals surface area contributed by atoms with Gasteiger partial charge in [0, 0.05) is 24.7 Å². The molecule has 0 atom stereocenters. The molecule has 1 aliphatic rings. The molecule has 1 aromatic carbocycles. The molecular weight excluding hydrogens is 248 g/mol. The molecule has 0 spiro atoms. The number of hydrogen-bond acceptors (Lipinski definition) is 2. The largest absolute Gasteiger partial charge is 0.342 e. The summed E-state index contributed by atoms with van der Waals surface area (Å²) in [7, 11) is 0. The molecule has 0 aliphatic carbocycles. The number of likely N-dealkylation sites (tertiary alicyclic amines) is 1. The molecule has 2 rings (SSSR count). The molecule has 0 saturated carbocycles. The van der Waals surface area contributed by atoms with Gasteiger partial charge in [0.15, 0.2) is 0 Å². The average molecular weight is 267 g/mol. The van der Waals surface area contributed by atoms with Crippen molar-refractivity contribution in [2.75, 3.05) is 19.6 Å². The summed E-state index contributed by atoms with van der Waals surface area (Å²) in [6.45, 7) is 2.92. The topological polar surface area (TPSA) is 32.3 Å². The maximum Gasteiger partial charge on any atom is 0.236 e. The third-order valence-corrected chi connectivity index (χ3v) is 3.44. The predicted octanol–water partition coefficient (Wildman–Crippen LogP) is 2.44. The summed E-state index contributed by atoms with van der Waals surface area (Å²) in [6, 6.07) is 7.69. The van der Waals surface area contributed by atoms with Crippen LogP contribution in [-0.4, -0.2) is 30.4 Å². The molecule has 0 radical (unpaired) electrons. The van der Waals surface area contributed by atoms with Gasteiger partial charge in [0.1, 0.15) is 0 Å². The summed E-state index contributed by atoms with van der Waals surface area (Å²) < 4.78 is 0. The summed E-state index contributed by atoms with van der Waals surface area (Å²) in [5.41, 5.74) is 1.11. The zero-order valence-electron chi connectivity index (χ0n) is 10.5. The molecule has 3 nitrogen and oxygen atoms in total. The van der Waals surface area contributed by atoms with E-state index in [1.165, 1.54) is 6.42 Å². The Morgan fingerprint density at radius 2 is 2.06 bits per heavy atom. The Morgan fingerprint density at radius 1 is 1.28 bits per heavy atom. The first-order valence-corrected chi connectivity index (χ1v) is 6.86. The lowest BCUT2D eigenvalue weighted by Gasteiger charge is -2.26. The molecule has 1 amide bonds. The molecule has 98 valence electrons. The van der Waals surface area contributed by atoms with E-state index in [9.17, 15) is 4.79 Å². The Morgan fingerprint density at radius 3 is 2.78 bits per heavy atom. The fraction of sp³-hybridized carbons (Fsp3) is 0.500. The van der Waals surface area contributed by atoms with Crippen LogP contribution in [-0.2, 0) is 11.3 Å². The Kier molecular flexibility index (Phi) is 5.02. The van der Waals surface area contributed by atoms with Crippen molar-refractivity contribution >= 4 is 17.5 Å². The van der Waals surface area contributed by atoms with Gasteiger partial charge in [-0.1, -0.05) is 23.7 Å². The zero-order valence-corrected chi connectivity index (χ0v) is 11.2. The van der Waals surface area contributed by atoms with Crippen molar-refractivity contribution in [3.8, 4) is 0 Å². The number of benzene rings is 1. The second kappa shape index (κ2) is 6.76. The van der Waals surface area contributed by atoms with E-state index < -0.39 is 0 Å². The van der Waals surface area contributed by atoms with Gasteiger partial charge in [0.2, 0.25) is 5.91 Å². The number of amides is 1. The van der Waals surface area contributed by atoms with Gasteiger partial charge in [-0.3, -0.25) is 4.79 Å². The molecule has 0 aromatic heterocycles. The fourth-order valence-corrected chi connectivity index (χ4v) is 2.43. The number of halogens is 1. The highest BCUT2D eigenvalue weighted by atomic mass is 35.5. The molecule has 18 heavy (non-hydrogen) atoms. The van der Waals surface area contributed by atoms with Gasteiger partial charge in [-0.25, -0.2) is 0 Å². The average Bonchev–Trinajstić information content (AvgIpc) is 2.40. The number of rotatable bonds is 4. The minimum absolute atomic E-state index is 0.205. The first-order valence-electron chi connectivity index (χ1n) is 6.48. The monoisotopic (exact) mass is 266 g/mol. The first kappa shape index (κ1) is 13.4. The molecule has 1 heterocycles. The number of hydrogen-bond donors (Lipinski definition) is 1. The van der Waals surface area contributed by atoms with Crippen LogP contribution < -0.4 is 5.32 Å². The SMILES string of the molecule is O=C(CNCc1cccc(Cl)c1)N1CCCCC1. The van der Waals surface area contributed by atoms with E-state index in [1.54, 1.807) is 0 Å². The maximum atomic E-state index is 11.9. The van der Waals surface area contributed by atoms with Crippen LogP contribution in [0.15, 0.2) is 24.3 Å². The number of carbonyl (C=O) groups is 1. The van der Waals surface area contributed by atoms with Crippen LogP contribution in [0.25, 0.3) is 0 Å². The number of carbonyl (C=O) groups excluding carboxylic acids is 1. The highest BCUT2D eigenvalue weighted by Gasteiger charge is 2.15. The number of nitrogens with one attached hydrogen (secondary N) is 1. The summed E-state index contributed by atoms with van der Waals surface area (Å²) in [5.74, 6) is 0.205. The van der Waals surface area contributed by atoms with Crippen molar-refractivity contribution in [2.45, 2.75) is 25.8 Å². The smallest absolute Gasteiger partial charge is 0.236 e. The highest BCUT2D eigenvalue weighted by molar-refractivity contribution is 6.30. The lowest BCUT2D eigenvalue weighted by atomic mass is 10.1. The molecule has 4 heteroatoms. The quantitative estimate of drug-likeness (QED) is 0.908. The Bertz CT molecular complexity index is 403. The molecule has 1 fully saturated rings. The van der Waals surface area contributed by atoms with Crippen LogP contribution in [0.3, 0.4) is 0 Å². The van der Waals surface area contributed by atoms with E-state index in [4.69, 9.17) is 11.6 Å². The van der Waals surface area contributed by atoms with Crippen LogP contribution in [0.4, 0.5) is 0 Å². The maximum absolute atomic E-state index is 11.9. The predicted molar refractivity (Wildman–Crippen MR) is 73.6 cm³/mol. The van der Waals surface area contributed by atoms with Crippen molar-refractivity contribution in [3.63, 3.8) is 0 Å². The Balaban J connectivity index is 1.73. The van der Waals surface area contributed by atoms with E-state index in [2.05, 4.69) is 5.32 Å². The molecule has 0 unspecified atom stereocenters. The van der Waals surface area contributed by atoms with Crippen molar-refractivity contribution < 1.29 is 4.79 Å². The fourth-order valence-electron chi connectivity index (χ4n) is 2.22. The minimum atomic E-state index is 0.205. The number of nitrogens with zero attached hydrogens (tertiary/aromatic N) is 1. The highest BCUT2D eigenvalue weighted by Crippen LogP contribution is 2.10. The molecule has 1 aromatic rings. The van der Waals surface area contributed by atoms with E-state index in [0.717, 1.165) is 36.5 Å². The van der Waals surface area contributed by atoms with Gasteiger partial charge >= 0.3 is 0 Å². The van der Waals surface area contributed by atoms with Crippen LogP contribution in [0.2, 0.25) is 5.02 Å². The van der Waals surface area contributed by atoms with Gasteiger partial charge in [-0.2, -0.15) is 0 Å². The second-order valence-corrected chi connectivity index (χ2v) is 5.11. The lowest BCUT2D eigenvalue weighted by Crippen LogP contribution is -2.40. The summed E-state index contributed by atoms with van der Waals surface area (Å²) >= 11 is 5.91. The van der Waals surface area contributed by atoms with Gasteiger partial charge in [0.05, 0.1) is 6.54 Å². The first-order chi connectivity index (χ1) is 8.75. The van der Waals surface area contributed by atoms with Gasteiger partial charge in [-0.05, 0) is 37.0 Å². The lowest BCUT2D eigenvalue weighted by molar-refractivity contribution is -0.131. The Labute approximate surface area is 113 Å². The molecule has 0 bridgehead atoms. The molecule has 1 saturated heterocycles. The van der Waals surface area contributed by atoms with Gasteiger partial charge < -0.3 is 10.2 Å². The van der Waals surface area contributed by atoms with Crippen molar-refractivity contribution in [2.24, 2.45) is 0 Å². The van der Waals surface area contributed by atoms with Crippen molar-refractivity contribution in [3.05, 3.63) is 34.9 Å². The van der Waals surface area contributed by atoms with Crippen LogP contribution in [0.5, 0.6) is 0 Å². The van der Waals surface area contributed by atoms with Crippen LogP contribution >= 0.6 is 11.6 Å². The molecule has 1 N–H and O–H groups in total. The molecule has 1 aliphatic heterocycles. The minimum Gasteiger partial charge on any atom is -0.342 e. The molecular formula is C14H19ClN2O. The third kappa shape index (κ3) is 4.00. The van der Waals surface area contributed by atoms with E-state index in [-0.39, 0.29) is 5.91 Å². The van der Waals surface area contributed by atoms with Crippen LogP contribution in [0, 0.1) is 0 Å². The van der Waals surface area contributed by atoms with E-state index in [1.807, 2.05) is 29.2 Å². The summed E-state index contributed by atoms with van der Waals surface area (Å²) in [4.78, 5) is 13.8. The van der Waals surface area contributed by atoms with Gasteiger partial charge in [-0.15, -0.1) is 0 Å². The van der Waals surface area contributed by atoms with Gasteiger partial charge in [0.25, 0.3) is 0 Å². The van der Waals surface area contributed by atoms with E-state index >= 15 is 0 Å². The number of piperidine rings is 1. The second-order valence-electron chi connectivity index (χ2n) is 4.67. The van der Waals surface area contributed by atoms with E-state index in [0.29, 0.717) is 13.1 Å².